The van der Waals surface area contributed by atoms with Crippen LogP contribution in [0.25, 0.3) is 5.65 Å². The summed E-state index contributed by atoms with van der Waals surface area (Å²) < 4.78 is 24.8. The average Bonchev–Trinajstić information content (AvgIpc) is 3.34. The van der Waals surface area contributed by atoms with E-state index in [1.54, 1.807) is 49.3 Å². The molecule has 0 radical (unpaired) electrons. The number of ether oxygens (including phenoxy) is 4. The minimum Gasteiger partial charge on any atom is -0.493 e. The highest BCUT2D eigenvalue weighted by Gasteiger charge is 2.44. The lowest BCUT2D eigenvalue weighted by Gasteiger charge is -2.37. The Balaban J connectivity index is 1.48. The number of benzene rings is 2. The summed E-state index contributed by atoms with van der Waals surface area (Å²) in [6.07, 6.45) is 2.61. The van der Waals surface area contributed by atoms with Crippen LogP contribution >= 0.6 is 11.6 Å². The summed E-state index contributed by atoms with van der Waals surface area (Å²) in [5.74, 6) is 2.89. The van der Waals surface area contributed by atoms with Crippen LogP contribution in [-0.4, -0.2) is 39.6 Å². The summed E-state index contributed by atoms with van der Waals surface area (Å²) in [4.78, 5) is 23.0. The van der Waals surface area contributed by atoms with Crippen LogP contribution < -0.4 is 18.9 Å². The van der Waals surface area contributed by atoms with Crippen molar-refractivity contribution in [3.8, 4) is 23.1 Å². The molecule has 4 aromatic rings. The number of hydrogen-bond acceptors (Lipinski definition) is 8. The topological polar surface area (TPSA) is 97.1 Å². The van der Waals surface area contributed by atoms with Gasteiger partial charge in [-0.3, -0.25) is 4.79 Å². The zero-order valence-electron chi connectivity index (χ0n) is 22.0. The molecule has 9 nitrogen and oxygen atoms in total. The first kappa shape index (κ1) is 25.2. The first-order chi connectivity index (χ1) is 18.8. The van der Waals surface area contributed by atoms with Crippen LogP contribution in [-0.2, 0) is 11.4 Å². The molecule has 0 saturated heterocycles. The number of rotatable bonds is 6. The van der Waals surface area contributed by atoms with Crippen molar-refractivity contribution in [2.45, 2.75) is 39.2 Å². The predicted molar refractivity (Wildman–Crippen MR) is 144 cm³/mol. The SMILES string of the molecule is COc1ccc([C@@H]2C3=C(CC(C)(C)CC3=O)Oc3ncn4nc(COc5ccc(Cl)cc5)nc4c32)cc1OC. The van der Waals surface area contributed by atoms with Crippen LogP contribution in [0, 0.1) is 5.41 Å². The Morgan fingerprint density at radius 3 is 2.59 bits per heavy atom. The normalized spacial score (nSPS) is 17.9. The van der Waals surface area contributed by atoms with E-state index in [1.807, 2.05) is 18.2 Å². The van der Waals surface area contributed by atoms with E-state index in [-0.39, 0.29) is 17.8 Å². The van der Waals surface area contributed by atoms with Crippen LogP contribution in [0.5, 0.6) is 23.1 Å². The van der Waals surface area contributed by atoms with Gasteiger partial charge in [0.25, 0.3) is 0 Å². The van der Waals surface area contributed by atoms with Crippen molar-refractivity contribution in [1.82, 2.24) is 19.6 Å². The van der Waals surface area contributed by atoms with Gasteiger partial charge in [0.2, 0.25) is 5.88 Å². The van der Waals surface area contributed by atoms with Gasteiger partial charge in [-0.05, 0) is 47.4 Å². The maximum Gasteiger partial charge on any atom is 0.228 e. The molecule has 1 aliphatic heterocycles. The van der Waals surface area contributed by atoms with Crippen molar-refractivity contribution in [2.75, 3.05) is 14.2 Å². The molecule has 0 fully saturated rings. The molecule has 6 rings (SSSR count). The number of carbonyl (C=O) groups excluding carboxylic acids is 1. The fourth-order valence-electron chi connectivity index (χ4n) is 5.30. The Morgan fingerprint density at radius 1 is 1.08 bits per heavy atom. The molecule has 2 aromatic heterocycles. The summed E-state index contributed by atoms with van der Waals surface area (Å²) in [6.45, 7) is 4.28. The van der Waals surface area contributed by atoms with E-state index in [2.05, 4.69) is 23.9 Å². The standard InChI is InChI=1S/C29H27ClN4O5/c1-29(2)12-19(35)25-22(13-29)39-28-26(24(25)16-5-10-20(36-3)21(11-16)37-4)27-32-23(33-34(27)15-31-28)14-38-18-8-6-17(30)7-9-18/h5-11,15,24H,12-14H2,1-4H3/t24-/m1/s1. The number of nitrogens with zero attached hydrogens (tertiary/aromatic N) is 4. The first-order valence-corrected chi connectivity index (χ1v) is 12.9. The third-order valence-corrected chi connectivity index (χ3v) is 7.28. The number of allylic oxidation sites excluding steroid dienone is 2. The van der Waals surface area contributed by atoms with Crippen molar-refractivity contribution in [2.24, 2.45) is 5.41 Å². The number of fused-ring (bicyclic) bond motifs is 3. The number of aromatic nitrogens is 4. The number of Topliss-reactive ketones (excluding diaryl/α,β-unsaturated/α-hetero) is 1. The summed E-state index contributed by atoms with van der Waals surface area (Å²) in [5.41, 5.74) is 2.45. The smallest absolute Gasteiger partial charge is 0.228 e. The van der Waals surface area contributed by atoms with E-state index in [9.17, 15) is 4.79 Å². The van der Waals surface area contributed by atoms with Crippen LogP contribution in [0.15, 0.2) is 60.1 Å². The van der Waals surface area contributed by atoms with Gasteiger partial charge >= 0.3 is 0 Å². The van der Waals surface area contributed by atoms with E-state index in [4.69, 9.17) is 35.5 Å². The molecule has 1 aliphatic carbocycles. The number of carbonyl (C=O) groups is 1. The Morgan fingerprint density at radius 2 is 1.85 bits per heavy atom. The van der Waals surface area contributed by atoms with Gasteiger partial charge < -0.3 is 18.9 Å². The molecule has 2 aromatic carbocycles. The van der Waals surface area contributed by atoms with Gasteiger partial charge in [0.1, 0.15) is 24.4 Å². The quantitative estimate of drug-likeness (QED) is 0.311. The lowest BCUT2D eigenvalue weighted by molar-refractivity contribution is -0.118. The molecule has 200 valence electrons. The van der Waals surface area contributed by atoms with Gasteiger partial charge in [0.05, 0.1) is 25.7 Å². The van der Waals surface area contributed by atoms with Crippen molar-refractivity contribution in [3.05, 3.63) is 82.1 Å². The van der Waals surface area contributed by atoms with Crippen LogP contribution in [0.3, 0.4) is 0 Å². The molecule has 2 aliphatic rings. The van der Waals surface area contributed by atoms with Crippen LogP contribution in [0.2, 0.25) is 5.02 Å². The van der Waals surface area contributed by atoms with Crippen molar-refractivity contribution in [3.63, 3.8) is 0 Å². The van der Waals surface area contributed by atoms with E-state index >= 15 is 0 Å². The highest BCUT2D eigenvalue weighted by molar-refractivity contribution is 6.30. The Hall–Kier alpha value is -4.11. The second-order valence-electron chi connectivity index (χ2n) is 10.4. The summed E-state index contributed by atoms with van der Waals surface area (Å²) in [6, 6.07) is 12.7. The number of methoxy groups -OCH3 is 2. The van der Waals surface area contributed by atoms with Crippen molar-refractivity contribution < 1.29 is 23.7 Å². The molecule has 1 atom stereocenters. The number of halogens is 1. The molecular weight excluding hydrogens is 520 g/mol. The first-order valence-electron chi connectivity index (χ1n) is 12.5. The fourth-order valence-corrected chi connectivity index (χ4v) is 5.42. The average molecular weight is 547 g/mol. The largest absolute Gasteiger partial charge is 0.493 e. The molecular formula is C29H27ClN4O5. The molecule has 3 heterocycles. The van der Waals surface area contributed by atoms with Gasteiger partial charge in [0, 0.05) is 23.4 Å². The zero-order chi connectivity index (χ0) is 27.3. The van der Waals surface area contributed by atoms with E-state index in [0.29, 0.717) is 69.4 Å². The maximum absolute atomic E-state index is 13.7. The molecule has 0 N–H and O–H groups in total. The number of hydrogen-bond donors (Lipinski definition) is 0. The third-order valence-electron chi connectivity index (χ3n) is 7.03. The summed E-state index contributed by atoms with van der Waals surface area (Å²) in [5, 5.41) is 5.21. The second-order valence-corrected chi connectivity index (χ2v) is 10.9. The third kappa shape index (κ3) is 4.57. The Labute approximate surface area is 230 Å². The predicted octanol–water partition coefficient (Wildman–Crippen LogP) is 5.54. The van der Waals surface area contributed by atoms with Gasteiger partial charge in [-0.1, -0.05) is 31.5 Å². The van der Waals surface area contributed by atoms with Crippen LogP contribution in [0.4, 0.5) is 0 Å². The maximum atomic E-state index is 13.7. The number of ketones is 1. The molecule has 0 spiro atoms. The Bertz CT molecular complexity index is 1630. The monoisotopic (exact) mass is 546 g/mol. The molecule has 0 unspecified atom stereocenters. The summed E-state index contributed by atoms with van der Waals surface area (Å²) >= 11 is 5.98. The molecule has 0 saturated carbocycles. The molecule has 0 bridgehead atoms. The second kappa shape index (κ2) is 9.57. The summed E-state index contributed by atoms with van der Waals surface area (Å²) in [7, 11) is 3.18. The highest BCUT2D eigenvalue weighted by atomic mass is 35.5. The zero-order valence-corrected chi connectivity index (χ0v) is 22.8. The molecule has 10 heteroatoms. The van der Waals surface area contributed by atoms with Gasteiger partial charge in [0.15, 0.2) is 28.8 Å². The minimum absolute atomic E-state index is 0.0412. The van der Waals surface area contributed by atoms with Gasteiger partial charge in [-0.25, -0.2) is 14.5 Å². The Kier molecular flexibility index (Phi) is 6.18. The minimum atomic E-state index is -0.474. The van der Waals surface area contributed by atoms with E-state index in [0.717, 1.165) is 5.56 Å². The van der Waals surface area contributed by atoms with E-state index < -0.39 is 5.92 Å². The molecule has 39 heavy (non-hydrogen) atoms. The fraction of sp³-hybridized carbons (Fsp3) is 0.310. The van der Waals surface area contributed by atoms with Gasteiger partial charge in [-0.2, -0.15) is 0 Å². The lowest BCUT2D eigenvalue weighted by atomic mass is 9.70. The molecule has 0 amide bonds. The van der Waals surface area contributed by atoms with Gasteiger partial charge in [-0.15, -0.1) is 5.10 Å². The van der Waals surface area contributed by atoms with Crippen molar-refractivity contribution in [1.29, 1.82) is 0 Å². The van der Waals surface area contributed by atoms with E-state index in [1.165, 1.54) is 0 Å². The van der Waals surface area contributed by atoms with Crippen LogP contribution in [0.1, 0.15) is 49.6 Å². The lowest BCUT2D eigenvalue weighted by Crippen LogP contribution is -2.33. The van der Waals surface area contributed by atoms with Crippen molar-refractivity contribution >= 4 is 23.0 Å². The highest BCUT2D eigenvalue weighted by Crippen LogP contribution is 2.51.